The number of nitriles is 1. The van der Waals surface area contributed by atoms with Crippen LogP contribution in [0, 0.1) is 11.3 Å². The lowest BCUT2D eigenvalue weighted by Crippen LogP contribution is -2.14. The predicted octanol–water partition coefficient (Wildman–Crippen LogP) is 3.75. The Morgan fingerprint density at radius 2 is 1.88 bits per heavy atom. The molecular weight excluding hydrogens is 330 g/mol. The number of nitrogens with one attached hydrogen (secondary N) is 2. The average molecular weight is 349 g/mol. The molecule has 2 aromatic carbocycles. The molecule has 0 heterocycles. The van der Waals surface area contributed by atoms with Crippen LogP contribution in [0.15, 0.2) is 60.3 Å². The summed E-state index contributed by atoms with van der Waals surface area (Å²) in [6, 6.07) is 15.5. The van der Waals surface area contributed by atoms with Gasteiger partial charge in [-0.1, -0.05) is 12.1 Å². The lowest BCUT2D eigenvalue weighted by molar-refractivity contribution is -0.112. The lowest BCUT2D eigenvalue weighted by Gasteiger charge is -2.07. The fourth-order valence-electron chi connectivity index (χ4n) is 2.13. The SMILES string of the molecule is CCOc1ccc(NC(=O)/C(C#N)=C\Nc2cccc(C(C)=O)c2)cc1. The van der Waals surface area contributed by atoms with E-state index in [0.717, 1.165) is 0 Å². The van der Waals surface area contributed by atoms with Gasteiger partial charge in [0, 0.05) is 23.1 Å². The molecule has 26 heavy (non-hydrogen) atoms. The predicted molar refractivity (Wildman–Crippen MR) is 100 cm³/mol. The summed E-state index contributed by atoms with van der Waals surface area (Å²) in [6.45, 7) is 3.92. The second kappa shape index (κ2) is 9.04. The summed E-state index contributed by atoms with van der Waals surface area (Å²) in [4.78, 5) is 23.6. The van der Waals surface area contributed by atoms with Crippen molar-refractivity contribution in [1.82, 2.24) is 0 Å². The first-order valence-corrected chi connectivity index (χ1v) is 8.05. The highest BCUT2D eigenvalue weighted by atomic mass is 16.5. The molecule has 0 bridgehead atoms. The van der Waals surface area contributed by atoms with E-state index in [9.17, 15) is 14.9 Å². The largest absolute Gasteiger partial charge is 0.494 e. The highest BCUT2D eigenvalue weighted by molar-refractivity contribution is 6.06. The number of amides is 1. The van der Waals surface area contributed by atoms with E-state index in [1.54, 1.807) is 48.5 Å². The van der Waals surface area contributed by atoms with Gasteiger partial charge in [-0.05, 0) is 50.2 Å². The van der Waals surface area contributed by atoms with Gasteiger partial charge < -0.3 is 15.4 Å². The normalized spacial score (nSPS) is 10.6. The van der Waals surface area contributed by atoms with Crippen LogP contribution in [0.4, 0.5) is 11.4 Å². The van der Waals surface area contributed by atoms with E-state index in [2.05, 4.69) is 10.6 Å². The maximum Gasteiger partial charge on any atom is 0.267 e. The van der Waals surface area contributed by atoms with Gasteiger partial charge in [0.1, 0.15) is 17.4 Å². The van der Waals surface area contributed by atoms with Gasteiger partial charge in [0.25, 0.3) is 5.91 Å². The van der Waals surface area contributed by atoms with Crippen molar-refractivity contribution >= 4 is 23.1 Å². The molecule has 0 atom stereocenters. The van der Waals surface area contributed by atoms with Crippen molar-refractivity contribution in [2.24, 2.45) is 0 Å². The van der Waals surface area contributed by atoms with E-state index < -0.39 is 5.91 Å². The summed E-state index contributed by atoms with van der Waals surface area (Å²) < 4.78 is 5.34. The summed E-state index contributed by atoms with van der Waals surface area (Å²) in [7, 11) is 0. The molecule has 6 heteroatoms. The molecule has 132 valence electrons. The molecule has 0 unspecified atom stereocenters. The molecule has 0 radical (unpaired) electrons. The van der Waals surface area contributed by atoms with Crippen molar-refractivity contribution in [3.05, 3.63) is 65.9 Å². The highest BCUT2D eigenvalue weighted by Gasteiger charge is 2.09. The molecule has 0 saturated heterocycles. The second-order valence-electron chi connectivity index (χ2n) is 5.36. The smallest absolute Gasteiger partial charge is 0.267 e. The second-order valence-corrected chi connectivity index (χ2v) is 5.36. The number of rotatable bonds is 7. The monoisotopic (exact) mass is 349 g/mol. The summed E-state index contributed by atoms with van der Waals surface area (Å²) in [5.74, 6) is 0.104. The van der Waals surface area contributed by atoms with Crippen LogP contribution in [0.5, 0.6) is 5.75 Å². The van der Waals surface area contributed by atoms with Crippen LogP contribution in [-0.2, 0) is 4.79 Å². The van der Waals surface area contributed by atoms with E-state index in [0.29, 0.717) is 29.3 Å². The Balaban J connectivity index is 2.06. The summed E-state index contributed by atoms with van der Waals surface area (Å²) in [5.41, 5.74) is 1.62. The van der Waals surface area contributed by atoms with E-state index >= 15 is 0 Å². The van der Waals surface area contributed by atoms with Gasteiger partial charge in [0.2, 0.25) is 0 Å². The van der Waals surface area contributed by atoms with Crippen LogP contribution < -0.4 is 15.4 Å². The first-order valence-electron chi connectivity index (χ1n) is 8.05. The number of anilines is 2. The fourth-order valence-corrected chi connectivity index (χ4v) is 2.13. The first-order chi connectivity index (χ1) is 12.5. The molecule has 0 aliphatic rings. The zero-order valence-corrected chi connectivity index (χ0v) is 14.6. The molecular formula is C20H19N3O3. The van der Waals surface area contributed by atoms with Crippen molar-refractivity contribution < 1.29 is 14.3 Å². The average Bonchev–Trinajstić information content (AvgIpc) is 2.64. The van der Waals surface area contributed by atoms with Gasteiger partial charge in [-0.15, -0.1) is 0 Å². The maximum atomic E-state index is 12.2. The number of ether oxygens (including phenoxy) is 1. The molecule has 0 spiro atoms. The standard InChI is InChI=1S/C20H19N3O3/c1-3-26-19-9-7-17(8-10-19)23-20(25)16(12-21)13-22-18-6-4-5-15(11-18)14(2)24/h4-11,13,22H,3H2,1-2H3,(H,23,25)/b16-13-. The van der Waals surface area contributed by atoms with Crippen LogP contribution in [-0.4, -0.2) is 18.3 Å². The minimum atomic E-state index is -0.535. The highest BCUT2D eigenvalue weighted by Crippen LogP contribution is 2.16. The number of carbonyl (C=O) groups excluding carboxylic acids is 2. The maximum absolute atomic E-state index is 12.2. The van der Waals surface area contributed by atoms with Gasteiger partial charge in [-0.2, -0.15) is 5.26 Å². The van der Waals surface area contributed by atoms with Gasteiger partial charge in [0.05, 0.1) is 6.61 Å². The first kappa shape index (κ1) is 18.7. The van der Waals surface area contributed by atoms with Crippen LogP contribution >= 0.6 is 0 Å². The molecule has 2 aromatic rings. The molecule has 2 rings (SSSR count). The summed E-state index contributed by atoms with van der Waals surface area (Å²) in [6.07, 6.45) is 1.31. The summed E-state index contributed by atoms with van der Waals surface area (Å²) in [5, 5.41) is 14.7. The number of Topliss-reactive ketones (excluding diaryl/α,β-unsaturated/α-hetero) is 1. The van der Waals surface area contributed by atoms with E-state index in [1.807, 2.05) is 13.0 Å². The molecule has 0 aromatic heterocycles. The summed E-state index contributed by atoms with van der Waals surface area (Å²) >= 11 is 0. The van der Waals surface area contributed by atoms with E-state index in [1.165, 1.54) is 13.1 Å². The van der Waals surface area contributed by atoms with Crippen LogP contribution in [0.25, 0.3) is 0 Å². The van der Waals surface area contributed by atoms with Gasteiger partial charge in [0.15, 0.2) is 5.78 Å². The Hall–Kier alpha value is -3.59. The Morgan fingerprint density at radius 1 is 1.15 bits per heavy atom. The molecule has 2 N–H and O–H groups in total. The minimum Gasteiger partial charge on any atom is -0.494 e. The Kier molecular flexibility index (Phi) is 6.52. The molecule has 6 nitrogen and oxygen atoms in total. The third kappa shape index (κ3) is 5.21. The van der Waals surface area contributed by atoms with Crippen molar-refractivity contribution in [2.75, 3.05) is 17.2 Å². The van der Waals surface area contributed by atoms with Crippen molar-refractivity contribution in [2.45, 2.75) is 13.8 Å². The topological polar surface area (TPSA) is 91.2 Å². The van der Waals surface area contributed by atoms with E-state index in [4.69, 9.17) is 4.74 Å². The molecule has 0 aliphatic carbocycles. The zero-order valence-electron chi connectivity index (χ0n) is 14.6. The van der Waals surface area contributed by atoms with Crippen LogP contribution in [0.2, 0.25) is 0 Å². The quantitative estimate of drug-likeness (QED) is 0.451. The Bertz CT molecular complexity index is 865. The number of benzene rings is 2. The zero-order chi connectivity index (χ0) is 18.9. The third-order valence-corrected chi connectivity index (χ3v) is 3.44. The Labute approximate surface area is 152 Å². The molecule has 0 saturated carbocycles. The van der Waals surface area contributed by atoms with Gasteiger partial charge in [-0.3, -0.25) is 9.59 Å². The molecule has 1 amide bonds. The van der Waals surface area contributed by atoms with E-state index in [-0.39, 0.29) is 11.4 Å². The molecule has 0 fully saturated rings. The Morgan fingerprint density at radius 3 is 2.50 bits per heavy atom. The lowest BCUT2D eigenvalue weighted by atomic mass is 10.1. The number of ketones is 1. The van der Waals surface area contributed by atoms with Crippen molar-refractivity contribution in [3.8, 4) is 11.8 Å². The number of carbonyl (C=O) groups is 2. The van der Waals surface area contributed by atoms with Crippen molar-refractivity contribution in [3.63, 3.8) is 0 Å². The third-order valence-electron chi connectivity index (χ3n) is 3.44. The molecule has 0 aliphatic heterocycles. The van der Waals surface area contributed by atoms with Gasteiger partial charge in [-0.25, -0.2) is 0 Å². The van der Waals surface area contributed by atoms with Gasteiger partial charge >= 0.3 is 0 Å². The van der Waals surface area contributed by atoms with Crippen LogP contribution in [0.3, 0.4) is 0 Å². The number of hydrogen-bond donors (Lipinski definition) is 2. The van der Waals surface area contributed by atoms with Crippen LogP contribution in [0.1, 0.15) is 24.2 Å². The fraction of sp³-hybridized carbons (Fsp3) is 0.150. The van der Waals surface area contributed by atoms with Crippen molar-refractivity contribution in [1.29, 1.82) is 5.26 Å². The minimum absolute atomic E-state index is 0.0635. The number of hydrogen-bond acceptors (Lipinski definition) is 5. The number of nitrogens with zero attached hydrogens (tertiary/aromatic N) is 1.